The highest BCUT2D eigenvalue weighted by Crippen LogP contribution is 2.21. The highest BCUT2D eigenvalue weighted by molar-refractivity contribution is 5.94. The molecular weight excluding hydrogens is 380 g/mol. The van der Waals surface area contributed by atoms with Crippen LogP contribution in [0, 0.1) is 0 Å². The Labute approximate surface area is 176 Å². The van der Waals surface area contributed by atoms with E-state index < -0.39 is 0 Å². The molecule has 0 N–H and O–H groups in total. The summed E-state index contributed by atoms with van der Waals surface area (Å²) in [5.41, 5.74) is 1.39. The molecule has 3 heterocycles. The molecule has 2 aliphatic rings. The molecule has 0 spiro atoms. The van der Waals surface area contributed by atoms with Crippen molar-refractivity contribution in [3.8, 4) is 0 Å². The zero-order valence-corrected chi connectivity index (χ0v) is 17.4. The minimum atomic E-state index is -0.189. The topological polar surface area (TPSA) is 65.9 Å². The molecule has 0 radical (unpaired) electrons. The predicted molar refractivity (Wildman–Crippen MR) is 114 cm³/mol. The van der Waals surface area contributed by atoms with Crippen LogP contribution in [0.4, 0.5) is 0 Å². The Kier molecular flexibility index (Phi) is 5.99. The van der Waals surface area contributed by atoms with Crippen LogP contribution in [-0.4, -0.2) is 69.8 Å². The maximum Gasteiger partial charge on any atom is 0.254 e. The van der Waals surface area contributed by atoms with Crippen LogP contribution in [0.25, 0.3) is 0 Å². The summed E-state index contributed by atoms with van der Waals surface area (Å²) < 4.78 is 1.45. The second kappa shape index (κ2) is 8.83. The van der Waals surface area contributed by atoms with Crippen LogP contribution in [0.2, 0.25) is 0 Å². The molecule has 1 aromatic carbocycles. The molecule has 2 aliphatic heterocycles. The number of amides is 2. The fraction of sp³-hybridized carbons (Fsp3) is 0.435. The molecule has 7 nitrogen and oxygen atoms in total. The first-order valence-corrected chi connectivity index (χ1v) is 10.6. The Morgan fingerprint density at radius 1 is 1.00 bits per heavy atom. The van der Waals surface area contributed by atoms with Gasteiger partial charge in [-0.25, -0.2) is 0 Å². The molecule has 1 unspecified atom stereocenters. The highest BCUT2D eigenvalue weighted by atomic mass is 16.2. The van der Waals surface area contributed by atoms with E-state index >= 15 is 0 Å². The zero-order valence-electron chi connectivity index (χ0n) is 17.4. The van der Waals surface area contributed by atoms with E-state index in [2.05, 4.69) is 17.0 Å². The van der Waals surface area contributed by atoms with Gasteiger partial charge < -0.3 is 14.4 Å². The van der Waals surface area contributed by atoms with Crippen molar-refractivity contribution in [2.45, 2.75) is 25.4 Å². The van der Waals surface area contributed by atoms with E-state index in [-0.39, 0.29) is 23.4 Å². The number of hydrogen-bond donors (Lipinski definition) is 0. The molecule has 30 heavy (non-hydrogen) atoms. The molecule has 1 atom stereocenters. The predicted octanol–water partition coefficient (Wildman–Crippen LogP) is 1.33. The van der Waals surface area contributed by atoms with E-state index in [9.17, 15) is 14.4 Å². The van der Waals surface area contributed by atoms with E-state index in [1.54, 1.807) is 24.2 Å². The van der Waals surface area contributed by atoms with Crippen LogP contribution in [-0.2, 0) is 18.4 Å². The Balaban J connectivity index is 1.36. The Bertz CT molecular complexity index is 964. The Morgan fingerprint density at radius 3 is 2.43 bits per heavy atom. The molecule has 2 saturated heterocycles. The van der Waals surface area contributed by atoms with Crippen molar-refractivity contribution in [2.75, 3.05) is 32.7 Å². The summed E-state index contributed by atoms with van der Waals surface area (Å²) >= 11 is 0. The fourth-order valence-corrected chi connectivity index (χ4v) is 4.32. The van der Waals surface area contributed by atoms with Crippen LogP contribution in [0.1, 0.15) is 28.8 Å². The first kappa shape index (κ1) is 20.3. The number of aromatic nitrogens is 1. The molecule has 2 amide bonds. The SMILES string of the molecule is Cn1ccc(C(=O)N2CCN(C3CCCN(Cc4ccccc4)C3=O)CC2)cc1=O. The molecule has 4 rings (SSSR count). The van der Waals surface area contributed by atoms with Gasteiger partial charge in [0.2, 0.25) is 5.91 Å². The average molecular weight is 409 g/mol. The monoisotopic (exact) mass is 408 g/mol. The van der Waals surface area contributed by atoms with Crippen molar-refractivity contribution < 1.29 is 9.59 Å². The third-order valence-electron chi connectivity index (χ3n) is 6.11. The van der Waals surface area contributed by atoms with Gasteiger partial charge in [-0.15, -0.1) is 0 Å². The lowest BCUT2D eigenvalue weighted by molar-refractivity contribution is -0.141. The number of carbonyl (C=O) groups excluding carboxylic acids is 2. The molecule has 2 fully saturated rings. The van der Waals surface area contributed by atoms with Crippen LogP contribution in [0.3, 0.4) is 0 Å². The van der Waals surface area contributed by atoms with Gasteiger partial charge in [-0.2, -0.15) is 0 Å². The summed E-state index contributed by atoms with van der Waals surface area (Å²) in [4.78, 5) is 43.6. The summed E-state index contributed by atoms with van der Waals surface area (Å²) in [5, 5.41) is 0. The number of hydrogen-bond acceptors (Lipinski definition) is 4. The normalized spacial score (nSPS) is 20.4. The third kappa shape index (κ3) is 4.31. The number of pyridine rings is 1. The zero-order chi connectivity index (χ0) is 21.1. The Hall–Kier alpha value is -2.93. The smallest absolute Gasteiger partial charge is 0.254 e. The van der Waals surface area contributed by atoms with Crippen molar-refractivity contribution in [1.82, 2.24) is 19.3 Å². The number of piperidine rings is 1. The number of nitrogens with zero attached hydrogens (tertiary/aromatic N) is 4. The molecule has 0 bridgehead atoms. The number of aryl methyl sites for hydroxylation is 1. The van der Waals surface area contributed by atoms with E-state index in [0.717, 1.165) is 24.9 Å². The average Bonchev–Trinajstić information content (AvgIpc) is 2.77. The number of piperazine rings is 1. The lowest BCUT2D eigenvalue weighted by atomic mass is 10.0. The van der Waals surface area contributed by atoms with E-state index in [0.29, 0.717) is 38.3 Å². The number of carbonyl (C=O) groups is 2. The van der Waals surface area contributed by atoms with Gasteiger partial charge in [0.1, 0.15) is 0 Å². The van der Waals surface area contributed by atoms with Crippen LogP contribution in [0.15, 0.2) is 53.5 Å². The standard InChI is InChI=1S/C23H28N4O3/c1-24-11-9-19(16-21(24)28)22(29)26-14-12-25(13-15-26)20-8-5-10-27(23(20)30)17-18-6-3-2-4-7-18/h2-4,6-7,9,11,16,20H,5,8,10,12-15,17H2,1H3. The van der Waals surface area contributed by atoms with Crippen molar-refractivity contribution in [2.24, 2.45) is 7.05 Å². The molecular formula is C23H28N4O3. The number of rotatable bonds is 4. The first-order chi connectivity index (χ1) is 14.5. The van der Waals surface area contributed by atoms with Crippen molar-refractivity contribution >= 4 is 11.8 Å². The van der Waals surface area contributed by atoms with Gasteiger partial charge in [0, 0.05) is 64.1 Å². The van der Waals surface area contributed by atoms with Gasteiger partial charge in [0.05, 0.1) is 6.04 Å². The van der Waals surface area contributed by atoms with E-state index in [1.807, 2.05) is 23.1 Å². The summed E-state index contributed by atoms with van der Waals surface area (Å²) in [5.74, 6) is 0.0736. The second-order valence-corrected chi connectivity index (χ2v) is 8.10. The largest absolute Gasteiger partial charge is 0.337 e. The molecule has 2 aromatic rings. The van der Waals surface area contributed by atoms with Gasteiger partial charge >= 0.3 is 0 Å². The number of benzene rings is 1. The maximum absolute atomic E-state index is 13.1. The van der Waals surface area contributed by atoms with Crippen molar-refractivity contribution in [1.29, 1.82) is 0 Å². The third-order valence-corrected chi connectivity index (χ3v) is 6.11. The van der Waals surface area contributed by atoms with Crippen molar-refractivity contribution in [3.05, 3.63) is 70.1 Å². The van der Waals surface area contributed by atoms with Gasteiger partial charge in [0.15, 0.2) is 0 Å². The summed E-state index contributed by atoms with van der Waals surface area (Å²) in [6.45, 7) is 3.93. The van der Waals surface area contributed by atoms with E-state index in [1.165, 1.54) is 10.6 Å². The minimum Gasteiger partial charge on any atom is -0.337 e. The first-order valence-electron chi connectivity index (χ1n) is 10.6. The second-order valence-electron chi connectivity index (χ2n) is 8.10. The quantitative estimate of drug-likeness (QED) is 0.766. The molecule has 7 heteroatoms. The molecule has 1 aromatic heterocycles. The fourth-order valence-electron chi connectivity index (χ4n) is 4.32. The molecule has 158 valence electrons. The highest BCUT2D eigenvalue weighted by Gasteiger charge is 2.35. The summed E-state index contributed by atoms with van der Waals surface area (Å²) in [7, 11) is 1.66. The van der Waals surface area contributed by atoms with Gasteiger partial charge in [-0.05, 0) is 24.5 Å². The Morgan fingerprint density at radius 2 is 1.73 bits per heavy atom. The summed E-state index contributed by atoms with van der Waals surface area (Å²) in [6, 6.07) is 13.1. The molecule has 0 aliphatic carbocycles. The van der Waals surface area contributed by atoms with Crippen LogP contribution in [0.5, 0.6) is 0 Å². The number of likely N-dealkylation sites (tertiary alicyclic amines) is 1. The van der Waals surface area contributed by atoms with E-state index in [4.69, 9.17) is 0 Å². The van der Waals surface area contributed by atoms with Crippen molar-refractivity contribution in [3.63, 3.8) is 0 Å². The van der Waals surface area contributed by atoms with Gasteiger partial charge in [-0.1, -0.05) is 30.3 Å². The lowest BCUT2D eigenvalue weighted by Crippen LogP contribution is -2.58. The maximum atomic E-state index is 13.1. The summed E-state index contributed by atoms with van der Waals surface area (Å²) in [6.07, 6.45) is 3.48. The van der Waals surface area contributed by atoms with Gasteiger partial charge in [0.25, 0.3) is 11.5 Å². The minimum absolute atomic E-state index is 0.108. The lowest BCUT2D eigenvalue weighted by Gasteiger charge is -2.42. The van der Waals surface area contributed by atoms with Crippen LogP contribution >= 0.6 is 0 Å². The van der Waals surface area contributed by atoms with Gasteiger partial charge in [-0.3, -0.25) is 19.3 Å². The van der Waals surface area contributed by atoms with Crippen LogP contribution < -0.4 is 5.56 Å². The molecule has 0 saturated carbocycles.